The van der Waals surface area contributed by atoms with Crippen LogP contribution < -0.4 is 16.0 Å². The van der Waals surface area contributed by atoms with Crippen LogP contribution in [-0.2, 0) is 4.79 Å². The number of hydrogen-bond donors (Lipinski definition) is 3. The molecule has 30 heavy (non-hydrogen) atoms. The molecule has 0 aliphatic rings. The summed E-state index contributed by atoms with van der Waals surface area (Å²) in [5.41, 5.74) is 5.01. The average Bonchev–Trinajstić information content (AvgIpc) is 2.75. The van der Waals surface area contributed by atoms with Crippen molar-refractivity contribution in [2.75, 3.05) is 22.5 Å². The monoisotopic (exact) mass is 401 g/mol. The molecule has 0 bridgehead atoms. The molecule has 2 amide bonds. The normalized spacial score (nSPS) is 10.5. The van der Waals surface area contributed by atoms with Crippen molar-refractivity contribution >= 4 is 28.9 Å². The van der Waals surface area contributed by atoms with Crippen LogP contribution in [0.2, 0.25) is 0 Å². The molecule has 0 saturated heterocycles. The Hall–Kier alpha value is -3.60. The Labute approximate surface area is 177 Å². The smallest absolute Gasteiger partial charge is 0.255 e. The first kappa shape index (κ1) is 21.1. The van der Waals surface area contributed by atoms with Gasteiger partial charge >= 0.3 is 0 Å². The van der Waals surface area contributed by atoms with E-state index in [0.717, 1.165) is 16.9 Å². The lowest BCUT2D eigenvalue weighted by molar-refractivity contribution is -0.114. The Morgan fingerprint density at radius 2 is 1.57 bits per heavy atom. The zero-order valence-electron chi connectivity index (χ0n) is 17.5. The molecule has 0 unspecified atom stereocenters. The number of aryl methyl sites for hydroxylation is 1. The second kappa shape index (κ2) is 9.74. The fourth-order valence-corrected chi connectivity index (χ4v) is 3.04. The van der Waals surface area contributed by atoms with Gasteiger partial charge in [0, 0.05) is 22.6 Å². The van der Waals surface area contributed by atoms with Gasteiger partial charge in [0.25, 0.3) is 5.91 Å². The summed E-state index contributed by atoms with van der Waals surface area (Å²) in [5.74, 6) is 0.0960. The lowest BCUT2D eigenvalue weighted by Crippen LogP contribution is -2.22. The summed E-state index contributed by atoms with van der Waals surface area (Å²) in [6.45, 7) is 6.32. The van der Waals surface area contributed by atoms with Gasteiger partial charge in [-0.2, -0.15) is 0 Å². The van der Waals surface area contributed by atoms with E-state index in [4.69, 9.17) is 0 Å². The molecule has 5 heteroatoms. The predicted molar refractivity (Wildman–Crippen MR) is 123 cm³/mol. The van der Waals surface area contributed by atoms with Gasteiger partial charge in [0.1, 0.15) is 0 Å². The number of amides is 2. The standard InChI is InChI=1S/C25H27N3O2/c1-17(2)20-10-7-11-21(14-20)27-24(29)16-26-23-15-22(13-12-18(23)3)28-25(30)19-8-5-4-6-9-19/h4-15,17,26H,16H2,1-3H3,(H,27,29)(H,28,30). The Morgan fingerprint density at radius 3 is 2.30 bits per heavy atom. The minimum absolute atomic E-state index is 0.128. The maximum Gasteiger partial charge on any atom is 0.255 e. The van der Waals surface area contributed by atoms with E-state index in [-0.39, 0.29) is 18.4 Å². The summed E-state index contributed by atoms with van der Waals surface area (Å²) in [5, 5.41) is 8.98. The molecule has 0 spiro atoms. The van der Waals surface area contributed by atoms with Gasteiger partial charge in [-0.15, -0.1) is 0 Å². The summed E-state index contributed by atoms with van der Waals surface area (Å²) in [4.78, 5) is 24.7. The molecular formula is C25H27N3O2. The third kappa shape index (κ3) is 5.70. The van der Waals surface area contributed by atoms with Crippen LogP contribution in [0, 0.1) is 6.92 Å². The highest BCUT2D eigenvalue weighted by Crippen LogP contribution is 2.21. The van der Waals surface area contributed by atoms with E-state index in [1.807, 2.05) is 61.5 Å². The van der Waals surface area contributed by atoms with E-state index in [1.54, 1.807) is 12.1 Å². The van der Waals surface area contributed by atoms with Crippen molar-refractivity contribution in [1.82, 2.24) is 0 Å². The molecular weight excluding hydrogens is 374 g/mol. The van der Waals surface area contributed by atoms with E-state index < -0.39 is 0 Å². The van der Waals surface area contributed by atoms with E-state index >= 15 is 0 Å². The van der Waals surface area contributed by atoms with Gasteiger partial charge < -0.3 is 16.0 Å². The predicted octanol–water partition coefficient (Wildman–Crippen LogP) is 5.42. The molecule has 0 aliphatic heterocycles. The van der Waals surface area contributed by atoms with Crippen LogP contribution in [0.1, 0.15) is 41.3 Å². The van der Waals surface area contributed by atoms with Crippen molar-refractivity contribution in [2.45, 2.75) is 26.7 Å². The Morgan fingerprint density at radius 1 is 0.833 bits per heavy atom. The van der Waals surface area contributed by atoms with Gasteiger partial charge in [-0.05, 0) is 60.4 Å². The molecule has 154 valence electrons. The topological polar surface area (TPSA) is 70.2 Å². The van der Waals surface area contributed by atoms with E-state index in [0.29, 0.717) is 17.2 Å². The molecule has 3 N–H and O–H groups in total. The van der Waals surface area contributed by atoms with Gasteiger partial charge in [-0.1, -0.05) is 50.2 Å². The van der Waals surface area contributed by atoms with Crippen molar-refractivity contribution in [1.29, 1.82) is 0 Å². The molecule has 0 aliphatic carbocycles. The SMILES string of the molecule is Cc1ccc(NC(=O)c2ccccc2)cc1NCC(=O)Nc1cccc(C(C)C)c1. The summed E-state index contributed by atoms with van der Waals surface area (Å²) in [6, 6.07) is 22.5. The zero-order chi connectivity index (χ0) is 21.5. The highest BCUT2D eigenvalue weighted by molar-refractivity contribution is 6.04. The van der Waals surface area contributed by atoms with Crippen LogP contribution in [0.4, 0.5) is 17.1 Å². The molecule has 0 radical (unpaired) electrons. The quantitative estimate of drug-likeness (QED) is 0.495. The molecule has 0 heterocycles. The van der Waals surface area contributed by atoms with E-state index in [9.17, 15) is 9.59 Å². The fraction of sp³-hybridized carbons (Fsp3) is 0.200. The molecule has 0 atom stereocenters. The van der Waals surface area contributed by atoms with Crippen molar-refractivity contribution in [3.05, 3.63) is 89.5 Å². The van der Waals surface area contributed by atoms with Crippen molar-refractivity contribution in [3.8, 4) is 0 Å². The van der Waals surface area contributed by atoms with Crippen molar-refractivity contribution in [2.24, 2.45) is 0 Å². The number of hydrogen-bond acceptors (Lipinski definition) is 3. The molecule has 3 aromatic carbocycles. The second-order valence-corrected chi connectivity index (χ2v) is 7.53. The van der Waals surface area contributed by atoms with Crippen LogP contribution in [0.25, 0.3) is 0 Å². The number of rotatable bonds is 7. The Kier molecular flexibility index (Phi) is 6.86. The maximum atomic E-state index is 12.4. The number of carbonyl (C=O) groups excluding carboxylic acids is 2. The van der Waals surface area contributed by atoms with Crippen molar-refractivity contribution < 1.29 is 9.59 Å². The van der Waals surface area contributed by atoms with Gasteiger partial charge in [0.15, 0.2) is 0 Å². The van der Waals surface area contributed by atoms with Gasteiger partial charge in [0.2, 0.25) is 5.91 Å². The number of carbonyl (C=O) groups is 2. The minimum Gasteiger partial charge on any atom is -0.376 e. The fourth-order valence-electron chi connectivity index (χ4n) is 3.04. The lowest BCUT2D eigenvalue weighted by atomic mass is 10.0. The Bertz CT molecular complexity index is 1030. The molecule has 5 nitrogen and oxygen atoms in total. The van der Waals surface area contributed by atoms with E-state index in [1.165, 1.54) is 5.56 Å². The summed E-state index contributed by atoms with van der Waals surface area (Å²) in [6.07, 6.45) is 0. The van der Waals surface area contributed by atoms with Gasteiger partial charge in [-0.25, -0.2) is 0 Å². The van der Waals surface area contributed by atoms with E-state index in [2.05, 4.69) is 35.9 Å². The average molecular weight is 402 g/mol. The largest absolute Gasteiger partial charge is 0.376 e. The molecule has 0 fully saturated rings. The van der Waals surface area contributed by atoms with Crippen molar-refractivity contribution in [3.63, 3.8) is 0 Å². The first-order chi connectivity index (χ1) is 14.4. The van der Waals surface area contributed by atoms with Crippen LogP contribution in [-0.4, -0.2) is 18.4 Å². The molecule has 0 saturated carbocycles. The first-order valence-corrected chi connectivity index (χ1v) is 10.0. The molecule has 3 aromatic rings. The summed E-state index contributed by atoms with van der Waals surface area (Å²) >= 11 is 0. The zero-order valence-corrected chi connectivity index (χ0v) is 17.5. The first-order valence-electron chi connectivity index (χ1n) is 10.0. The third-order valence-electron chi connectivity index (χ3n) is 4.81. The highest BCUT2D eigenvalue weighted by Gasteiger charge is 2.09. The van der Waals surface area contributed by atoms with Gasteiger partial charge in [0.05, 0.1) is 6.54 Å². The van der Waals surface area contributed by atoms with Gasteiger partial charge in [-0.3, -0.25) is 9.59 Å². The maximum absolute atomic E-state index is 12.4. The Balaban J connectivity index is 1.61. The summed E-state index contributed by atoms with van der Waals surface area (Å²) in [7, 11) is 0. The third-order valence-corrected chi connectivity index (χ3v) is 4.81. The number of benzene rings is 3. The molecule has 0 aromatic heterocycles. The van der Waals surface area contributed by atoms with Crippen LogP contribution in [0.15, 0.2) is 72.8 Å². The van der Waals surface area contributed by atoms with Crippen LogP contribution in [0.5, 0.6) is 0 Å². The van der Waals surface area contributed by atoms with Crippen LogP contribution >= 0.6 is 0 Å². The highest BCUT2D eigenvalue weighted by atomic mass is 16.2. The lowest BCUT2D eigenvalue weighted by Gasteiger charge is -2.13. The number of nitrogens with one attached hydrogen (secondary N) is 3. The minimum atomic E-state index is -0.173. The second-order valence-electron chi connectivity index (χ2n) is 7.53. The van der Waals surface area contributed by atoms with Crippen LogP contribution in [0.3, 0.4) is 0 Å². The number of anilines is 3. The molecule has 3 rings (SSSR count). The summed E-state index contributed by atoms with van der Waals surface area (Å²) < 4.78 is 0.